The molecule has 3 rings (SSSR count). The van der Waals surface area contributed by atoms with E-state index in [1.54, 1.807) is 24.3 Å². The van der Waals surface area contributed by atoms with Crippen molar-refractivity contribution in [1.29, 1.82) is 0 Å². The van der Waals surface area contributed by atoms with Crippen LogP contribution >= 0.6 is 15.9 Å². The minimum Gasteiger partial charge on any atom is -0.268 e. The summed E-state index contributed by atoms with van der Waals surface area (Å²) in [4.78, 5) is 25.4. The summed E-state index contributed by atoms with van der Waals surface area (Å²) in [5, 5.41) is 0. The number of anilines is 1. The van der Waals surface area contributed by atoms with Crippen molar-refractivity contribution in [2.24, 2.45) is 0 Å². The molecule has 0 spiro atoms. The van der Waals surface area contributed by atoms with Gasteiger partial charge in [0.2, 0.25) is 0 Å². The lowest BCUT2D eigenvalue weighted by Gasteiger charge is -2.13. The number of benzene rings is 2. The number of hydrogen-bond acceptors (Lipinski definition) is 2. The van der Waals surface area contributed by atoms with Crippen molar-refractivity contribution < 1.29 is 14.0 Å². The monoisotopic (exact) mass is 319 g/mol. The second-order valence-electron chi connectivity index (χ2n) is 4.11. The molecule has 0 aliphatic carbocycles. The first-order valence-corrected chi connectivity index (χ1v) is 6.31. The molecule has 0 unspecified atom stereocenters. The van der Waals surface area contributed by atoms with Crippen LogP contribution in [0, 0.1) is 5.82 Å². The molecule has 0 fully saturated rings. The van der Waals surface area contributed by atoms with Crippen LogP contribution in [0.2, 0.25) is 0 Å². The molecule has 0 saturated heterocycles. The largest absolute Gasteiger partial charge is 0.268 e. The summed E-state index contributed by atoms with van der Waals surface area (Å²) in [6.07, 6.45) is 0. The van der Waals surface area contributed by atoms with E-state index in [0.29, 0.717) is 5.69 Å². The number of nitrogens with zero attached hydrogens (tertiary/aromatic N) is 1. The number of fused-ring (bicyclic) bond motifs is 1. The molecule has 19 heavy (non-hydrogen) atoms. The molecule has 5 heteroatoms. The molecular formula is C14H7BrFNO2. The Hall–Kier alpha value is -2.01. The van der Waals surface area contributed by atoms with Gasteiger partial charge in [-0.25, -0.2) is 9.29 Å². The Morgan fingerprint density at radius 3 is 2.21 bits per heavy atom. The van der Waals surface area contributed by atoms with Gasteiger partial charge in [0.05, 0.1) is 16.8 Å². The fourth-order valence-corrected chi connectivity index (χ4v) is 2.30. The number of amides is 2. The van der Waals surface area contributed by atoms with Gasteiger partial charge in [0.25, 0.3) is 11.8 Å². The van der Waals surface area contributed by atoms with Crippen LogP contribution in [-0.4, -0.2) is 11.8 Å². The van der Waals surface area contributed by atoms with E-state index < -0.39 is 17.6 Å². The molecule has 0 N–H and O–H groups in total. The molecular weight excluding hydrogens is 313 g/mol. The SMILES string of the molecule is O=C1c2ccc(F)cc2C(=O)N1c1ccc(Br)cc1. The van der Waals surface area contributed by atoms with Crippen molar-refractivity contribution in [3.63, 3.8) is 0 Å². The second-order valence-corrected chi connectivity index (χ2v) is 5.03. The Morgan fingerprint density at radius 1 is 0.895 bits per heavy atom. The van der Waals surface area contributed by atoms with Gasteiger partial charge >= 0.3 is 0 Å². The third-order valence-corrected chi connectivity index (χ3v) is 3.46. The smallest absolute Gasteiger partial charge is 0.266 e. The van der Waals surface area contributed by atoms with Crippen molar-refractivity contribution in [3.8, 4) is 0 Å². The molecule has 0 saturated carbocycles. The summed E-state index contributed by atoms with van der Waals surface area (Å²) in [6.45, 7) is 0. The molecule has 3 nitrogen and oxygen atoms in total. The van der Waals surface area contributed by atoms with Gasteiger partial charge in [-0.2, -0.15) is 0 Å². The summed E-state index contributed by atoms with van der Waals surface area (Å²) in [5.74, 6) is -1.46. The Bertz CT molecular complexity index is 697. The van der Waals surface area contributed by atoms with Gasteiger partial charge < -0.3 is 0 Å². The Morgan fingerprint density at radius 2 is 1.53 bits per heavy atom. The predicted molar refractivity (Wildman–Crippen MR) is 71.7 cm³/mol. The summed E-state index contributed by atoms with van der Waals surface area (Å²) in [7, 11) is 0. The van der Waals surface area contributed by atoms with E-state index in [1.165, 1.54) is 12.1 Å². The standard InChI is InChI=1S/C14H7BrFNO2/c15-8-1-4-10(5-2-8)17-13(18)11-6-3-9(16)7-12(11)14(17)19/h1-7H. The van der Waals surface area contributed by atoms with Crippen LogP contribution in [-0.2, 0) is 0 Å². The van der Waals surface area contributed by atoms with Crippen molar-refractivity contribution >= 4 is 33.4 Å². The maximum absolute atomic E-state index is 13.2. The topological polar surface area (TPSA) is 37.4 Å². The predicted octanol–water partition coefficient (Wildman–Crippen LogP) is 3.39. The summed E-state index contributed by atoms with van der Waals surface area (Å²) in [6, 6.07) is 10.4. The molecule has 0 atom stereocenters. The highest BCUT2D eigenvalue weighted by Crippen LogP contribution is 2.29. The van der Waals surface area contributed by atoms with Crippen molar-refractivity contribution in [2.75, 3.05) is 4.90 Å². The zero-order valence-corrected chi connectivity index (χ0v) is 11.1. The van der Waals surface area contributed by atoms with E-state index in [0.717, 1.165) is 15.4 Å². The molecule has 2 amide bonds. The average Bonchev–Trinajstić information content (AvgIpc) is 2.63. The molecule has 0 bridgehead atoms. The highest BCUT2D eigenvalue weighted by molar-refractivity contribution is 9.10. The number of carbonyl (C=O) groups excluding carboxylic acids is 2. The van der Waals surface area contributed by atoms with Gasteiger partial charge in [0.15, 0.2) is 0 Å². The molecule has 2 aromatic rings. The maximum atomic E-state index is 13.2. The van der Waals surface area contributed by atoms with Crippen LogP contribution in [0.5, 0.6) is 0 Å². The summed E-state index contributed by atoms with van der Waals surface area (Å²) < 4.78 is 14.0. The highest BCUT2D eigenvalue weighted by Gasteiger charge is 2.36. The minimum absolute atomic E-state index is 0.105. The Kier molecular flexibility index (Phi) is 2.71. The first kappa shape index (κ1) is 12.0. The highest BCUT2D eigenvalue weighted by atomic mass is 79.9. The molecule has 1 aliphatic heterocycles. The fourth-order valence-electron chi connectivity index (χ4n) is 2.04. The molecule has 94 valence electrons. The van der Waals surface area contributed by atoms with E-state index in [9.17, 15) is 14.0 Å². The first-order chi connectivity index (χ1) is 9.08. The molecule has 1 heterocycles. The van der Waals surface area contributed by atoms with Gasteiger partial charge in [-0.15, -0.1) is 0 Å². The van der Waals surface area contributed by atoms with Crippen LogP contribution in [0.15, 0.2) is 46.9 Å². The maximum Gasteiger partial charge on any atom is 0.266 e. The molecule has 0 radical (unpaired) electrons. The molecule has 0 aromatic heterocycles. The second kappa shape index (κ2) is 4.28. The number of halogens is 2. The van der Waals surface area contributed by atoms with Gasteiger partial charge in [-0.3, -0.25) is 9.59 Å². The van der Waals surface area contributed by atoms with E-state index >= 15 is 0 Å². The third kappa shape index (κ3) is 1.86. The quantitative estimate of drug-likeness (QED) is 0.755. The molecule has 2 aromatic carbocycles. The lowest BCUT2D eigenvalue weighted by Crippen LogP contribution is -2.29. The van der Waals surface area contributed by atoms with Gasteiger partial charge in [0, 0.05) is 4.47 Å². The Labute approximate surface area is 116 Å². The lowest BCUT2D eigenvalue weighted by atomic mass is 10.1. The van der Waals surface area contributed by atoms with Crippen LogP contribution in [0.1, 0.15) is 20.7 Å². The minimum atomic E-state index is -0.530. The normalized spacial score (nSPS) is 13.9. The van der Waals surface area contributed by atoms with Crippen LogP contribution < -0.4 is 4.90 Å². The van der Waals surface area contributed by atoms with Gasteiger partial charge in [0.1, 0.15) is 5.82 Å². The van der Waals surface area contributed by atoms with Crippen molar-refractivity contribution in [2.45, 2.75) is 0 Å². The van der Waals surface area contributed by atoms with E-state index in [2.05, 4.69) is 15.9 Å². The number of carbonyl (C=O) groups is 2. The Balaban J connectivity index is 2.10. The average molecular weight is 320 g/mol. The summed E-state index contributed by atoms with van der Waals surface area (Å²) >= 11 is 3.28. The van der Waals surface area contributed by atoms with Crippen LogP contribution in [0.25, 0.3) is 0 Å². The van der Waals surface area contributed by atoms with Crippen molar-refractivity contribution in [3.05, 3.63) is 63.9 Å². The third-order valence-electron chi connectivity index (χ3n) is 2.93. The van der Waals surface area contributed by atoms with Crippen molar-refractivity contribution in [1.82, 2.24) is 0 Å². The number of rotatable bonds is 1. The van der Waals surface area contributed by atoms with E-state index in [1.807, 2.05) is 0 Å². The van der Waals surface area contributed by atoms with E-state index in [4.69, 9.17) is 0 Å². The van der Waals surface area contributed by atoms with Crippen LogP contribution in [0.3, 0.4) is 0 Å². The van der Waals surface area contributed by atoms with Gasteiger partial charge in [-0.05, 0) is 42.5 Å². The number of imide groups is 1. The summed E-state index contributed by atoms with van der Waals surface area (Å²) in [5.41, 5.74) is 0.803. The lowest BCUT2D eigenvalue weighted by molar-refractivity contribution is 0.0926. The first-order valence-electron chi connectivity index (χ1n) is 5.52. The fraction of sp³-hybridized carbons (Fsp3) is 0. The van der Waals surface area contributed by atoms with E-state index in [-0.39, 0.29) is 11.1 Å². The zero-order valence-electron chi connectivity index (χ0n) is 9.56. The number of hydrogen-bond donors (Lipinski definition) is 0. The van der Waals surface area contributed by atoms with Gasteiger partial charge in [-0.1, -0.05) is 15.9 Å². The molecule has 1 aliphatic rings. The zero-order chi connectivity index (χ0) is 13.6. The van der Waals surface area contributed by atoms with Crippen LogP contribution in [0.4, 0.5) is 10.1 Å².